The summed E-state index contributed by atoms with van der Waals surface area (Å²) in [6.07, 6.45) is 1.86. The Hall–Kier alpha value is -2.17. The molecular weight excluding hydrogens is 358 g/mol. The number of likely N-dealkylation sites (tertiary alicyclic amines) is 1. The van der Waals surface area contributed by atoms with Gasteiger partial charge in [0.2, 0.25) is 5.91 Å². The highest BCUT2D eigenvalue weighted by molar-refractivity contribution is 5.92. The van der Waals surface area contributed by atoms with Gasteiger partial charge < -0.3 is 5.32 Å². The fourth-order valence-corrected chi connectivity index (χ4v) is 4.02. The molecule has 0 unspecified atom stereocenters. The molecule has 0 bridgehead atoms. The zero-order valence-electron chi connectivity index (χ0n) is 18.2. The van der Waals surface area contributed by atoms with Crippen LogP contribution in [0.15, 0.2) is 48.5 Å². The first kappa shape index (κ1) is 21.5. The molecule has 2 aromatic carbocycles. The molecule has 0 spiro atoms. The van der Waals surface area contributed by atoms with Crippen molar-refractivity contribution < 1.29 is 4.79 Å². The van der Waals surface area contributed by atoms with Gasteiger partial charge in [-0.25, -0.2) is 0 Å². The summed E-state index contributed by atoms with van der Waals surface area (Å²) in [6, 6.07) is 16.9. The van der Waals surface area contributed by atoms with Crippen molar-refractivity contribution in [2.75, 3.05) is 31.5 Å². The van der Waals surface area contributed by atoms with E-state index in [1.807, 2.05) is 12.1 Å². The molecule has 4 heteroatoms. The number of anilines is 1. The smallest absolute Gasteiger partial charge is 0.227 e. The fourth-order valence-electron chi connectivity index (χ4n) is 4.02. The normalized spacial score (nSPS) is 15.6. The molecule has 1 aliphatic rings. The van der Waals surface area contributed by atoms with Crippen LogP contribution < -0.4 is 5.32 Å². The van der Waals surface area contributed by atoms with Crippen molar-refractivity contribution >= 4 is 11.6 Å². The fraction of sp³-hybridized carbons (Fsp3) is 0.480. The molecule has 3 rings (SSSR count). The zero-order chi connectivity index (χ0) is 20.6. The lowest BCUT2D eigenvalue weighted by Gasteiger charge is -2.31. The summed E-state index contributed by atoms with van der Waals surface area (Å²) in [4.78, 5) is 17.6. The SMILES string of the molecule is CCN(CC)Cc1ccc(NC(=O)C2CCN(Cc3ccccc3C)CC2)cc1. The Kier molecular flexibility index (Phi) is 7.84. The minimum absolute atomic E-state index is 0.110. The van der Waals surface area contributed by atoms with Gasteiger partial charge in [0.05, 0.1) is 0 Å². The van der Waals surface area contributed by atoms with E-state index in [-0.39, 0.29) is 11.8 Å². The molecule has 4 nitrogen and oxygen atoms in total. The van der Waals surface area contributed by atoms with Crippen LogP contribution in [0.2, 0.25) is 0 Å². The summed E-state index contributed by atoms with van der Waals surface area (Å²) in [5.74, 6) is 0.274. The minimum atomic E-state index is 0.110. The van der Waals surface area contributed by atoms with E-state index in [4.69, 9.17) is 0 Å². The Bertz CT molecular complexity index is 775. The van der Waals surface area contributed by atoms with Crippen LogP contribution in [0.3, 0.4) is 0 Å². The van der Waals surface area contributed by atoms with Gasteiger partial charge in [-0.2, -0.15) is 0 Å². The van der Waals surface area contributed by atoms with Crippen LogP contribution in [-0.4, -0.2) is 41.9 Å². The monoisotopic (exact) mass is 393 g/mol. The van der Waals surface area contributed by atoms with Crippen molar-refractivity contribution in [3.63, 3.8) is 0 Å². The van der Waals surface area contributed by atoms with Crippen molar-refractivity contribution in [3.05, 3.63) is 65.2 Å². The molecule has 1 amide bonds. The van der Waals surface area contributed by atoms with Gasteiger partial charge in [0.15, 0.2) is 0 Å². The van der Waals surface area contributed by atoms with E-state index >= 15 is 0 Å². The molecule has 0 aliphatic carbocycles. The quantitative estimate of drug-likeness (QED) is 0.707. The maximum Gasteiger partial charge on any atom is 0.227 e. The third-order valence-corrected chi connectivity index (χ3v) is 6.14. The van der Waals surface area contributed by atoms with E-state index in [0.29, 0.717) is 0 Å². The molecule has 1 aliphatic heterocycles. The Labute approximate surface area is 175 Å². The van der Waals surface area contributed by atoms with E-state index in [0.717, 1.165) is 57.8 Å². The lowest BCUT2D eigenvalue weighted by Crippen LogP contribution is -2.37. The third kappa shape index (κ3) is 6.15. The summed E-state index contributed by atoms with van der Waals surface area (Å²) < 4.78 is 0. The standard InChI is InChI=1S/C25H35N3O/c1-4-27(5-2)18-21-10-12-24(13-11-21)26-25(29)22-14-16-28(17-15-22)19-23-9-7-6-8-20(23)3/h6-13,22H,4-5,14-19H2,1-3H3,(H,26,29). The van der Waals surface area contributed by atoms with E-state index in [1.54, 1.807) is 0 Å². The number of benzene rings is 2. The van der Waals surface area contributed by atoms with Gasteiger partial charge in [-0.3, -0.25) is 14.6 Å². The second kappa shape index (κ2) is 10.6. The third-order valence-electron chi connectivity index (χ3n) is 6.14. The van der Waals surface area contributed by atoms with Crippen LogP contribution >= 0.6 is 0 Å². The van der Waals surface area contributed by atoms with Gasteiger partial charge in [-0.05, 0) is 74.8 Å². The first-order valence-corrected chi connectivity index (χ1v) is 11.0. The summed E-state index contributed by atoms with van der Waals surface area (Å²) in [7, 11) is 0. The molecule has 1 fully saturated rings. The number of hydrogen-bond acceptors (Lipinski definition) is 3. The van der Waals surface area contributed by atoms with Crippen LogP contribution in [-0.2, 0) is 17.9 Å². The average Bonchev–Trinajstić information content (AvgIpc) is 2.75. The highest BCUT2D eigenvalue weighted by Crippen LogP contribution is 2.22. The van der Waals surface area contributed by atoms with Crippen molar-refractivity contribution in [2.24, 2.45) is 5.92 Å². The topological polar surface area (TPSA) is 35.6 Å². The molecule has 0 radical (unpaired) electrons. The highest BCUT2D eigenvalue weighted by atomic mass is 16.1. The highest BCUT2D eigenvalue weighted by Gasteiger charge is 2.25. The molecule has 156 valence electrons. The van der Waals surface area contributed by atoms with E-state index < -0.39 is 0 Å². The molecule has 0 aromatic heterocycles. The van der Waals surface area contributed by atoms with Crippen molar-refractivity contribution in [1.82, 2.24) is 9.80 Å². The Balaban J connectivity index is 1.46. The lowest BCUT2D eigenvalue weighted by molar-refractivity contribution is -0.121. The summed E-state index contributed by atoms with van der Waals surface area (Å²) in [5, 5.41) is 3.12. The first-order chi connectivity index (χ1) is 14.1. The summed E-state index contributed by atoms with van der Waals surface area (Å²) in [6.45, 7) is 12.5. The molecule has 1 N–H and O–H groups in total. The number of nitrogens with one attached hydrogen (secondary N) is 1. The Morgan fingerprint density at radius 2 is 1.69 bits per heavy atom. The Morgan fingerprint density at radius 3 is 2.31 bits per heavy atom. The van der Waals surface area contributed by atoms with Gasteiger partial charge >= 0.3 is 0 Å². The number of aryl methyl sites for hydroxylation is 1. The van der Waals surface area contributed by atoms with Gasteiger partial charge in [-0.15, -0.1) is 0 Å². The second-order valence-electron chi connectivity index (χ2n) is 8.12. The maximum atomic E-state index is 12.7. The van der Waals surface area contributed by atoms with Gasteiger partial charge in [0.25, 0.3) is 0 Å². The molecule has 1 saturated heterocycles. The molecule has 0 atom stereocenters. The van der Waals surface area contributed by atoms with E-state index in [9.17, 15) is 4.79 Å². The molecule has 29 heavy (non-hydrogen) atoms. The van der Waals surface area contributed by atoms with Crippen LogP contribution in [0.5, 0.6) is 0 Å². The minimum Gasteiger partial charge on any atom is -0.326 e. The van der Waals surface area contributed by atoms with Crippen molar-refractivity contribution in [1.29, 1.82) is 0 Å². The largest absolute Gasteiger partial charge is 0.326 e. The number of hydrogen-bond donors (Lipinski definition) is 1. The number of carbonyl (C=O) groups is 1. The lowest BCUT2D eigenvalue weighted by atomic mass is 9.95. The number of piperidine rings is 1. The maximum absolute atomic E-state index is 12.7. The van der Waals surface area contributed by atoms with Crippen LogP contribution in [0.4, 0.5) is 5.69 Å². The molecule has 1 heterocycles. The second-order valence-corrected chi connectivity index (χ2v) is 8.12. The zero-order valence-corrected chi connectivity index (χ0v) is 18.2. The number of carbonyl (C=O) groups excluding carboxylic acids is 1. The van der Waals surface area contributed by atoms with Crippen molar-refractivity contribution in [2.45, 2.75) is 46.7 Å². The number of rotatable bonds is 8. The molecular formula is C25H35N3O. The molecule has 2 aromatic rings. The van der Waals surface area contributed by atoms with Crippen LogP contribution in [0, 0.1) is 12.8 Å². The van der Waals surface area contributed by atoms with Crippen LogP contribution in [0.25, 0.3) is 0 Å². The van der Waals surface area contributed by atoms with Crippen molar-refractivity contribution in [3.8, 4) is 0 Å². The van der Waals surface area contributed by atoms with E-state index in [2.05, 4.69) is 72.3 Å². The number of amides is 1. The van der Waals surface area contributed by atoms with E-state index in [1.165, 1.54) is 16.7 Å². The number of nitrogens with zero attached hydrogens (tertiary/aromatic N) is 2. The first-order valence-electron chi connectivity index (χ1n) is 11.0. The Morgan fingerprint density at radius 1 is 1.03 bits per heavy atom. The summed E-state index contributed by atoms with van der Waals surface area (Å²) >= 11 is 0. The van der Waals surface area contributed by atoms with Gasteiger partial charge in [0.1, 0.15) is 0 Å². The predicted octanol–water partition coefficient (Wildman–Crippen LogP) is 4.69. The molecule has 0 saturated carbocycles. The summed E-state index contributed by atoms with van der Waals surface area (Å²) in [5.41, 5.74) is 4.92. The van der Waals surface area contributed by atoms with Crippen LogP contribution in [0.1, 0.15) is 43.4 Å². The average molecular weight is 394 g/mol. The van der Waals surface area contributed by atoms with Gasteiger partial charge in [0, 0.05) is 24.7 Å². The van der Waals surface area contributed by atoms with Gasteiger partial charge in [-0.1, -0.05) is 50.2 Å². The predicted molar refractivity (Wildman–Crippen MR) is 121 cm³/mol.